The summed E-state index contributed by atoms with van der Waals surface area (Å²) >= 11 is 0. The smallest absolute Gasteiger partial charge is 0.312 e. The van der Waals surface area contributed by atoms with Gasteiger partial charge in [-0.25, -0.2) is 0 Å². The number of esters is 1. The highest BCUT2D eigenvalue weighted by Crippen LogP contribution is 2.54. The van der Waals surface area contributed by atoms with Gasteiger partial charge in [0.25, 0.3) is 0 Å². The molecular weight excluding hydrogens is 178 g/mol. The second-order valence-corrected chi connectivity index (χ2v) is 4.67. The van der Waals surface area contributed by atoms with Crippen molar-refractivity contribution in [1.82, 2.24) is 0 Å². The van der Waals surface area contributed by atoms with Crippen molar-refractivity contribution in [2.75, 3.05) is 6.61 Å². The minimum atomic E-state index is -0.199. The van der Waals surface area contributed by atoms with Crippen LogP contribution in [0.25, 0.3) is 0 Å². The molecule has 2 rings (SSSR count). The number of carbonyl (C=O) groups excluding carboxylic acids is 1. The predicted molar refractivity (Wildman–Crippen MR) is 53.6 cm³/mol. The maximum absolute atomic E-state index is 11.9. The Morgan fingerprint density at radius 3 is 3.14 bits per heavy atom. The van der Waals surface area contributed by atoms with Gasteiger partial charge < -0.3 is 10.5 Å². The van der Waals surface area contributed by atoms with Crippen LogP contribution < -0.4 is 5.73 Å². The fourth-order valence-corrected chi connectivity index (χ4v) is 3.30. The molecule has 3 unspecified atom stereocenters. The van der Waals surface area contributed by atoms with E-state index in [1.54, 1.807) is 0 Å². The number of ether oxygens (including phenoxy) is 1. The van der Waals surface area contributed by atoms with Gasteiger partial charge in [0.2, 0.25) is 0 Å². The van der Waals surface area contributed by atoms with Gasteiger partial charge in [0.1, 0.15) is 0 Å². The van der Waals surface area contributed by atoms with Crippen molar-refractivity contribution in [2.24, 2.45) is 17.1 Å². The summed E-state index contributed by atoms with van der Waals surface area (Å²) in [6.45, 7) is 2.36. The average molecular weight is 197 g/mol. The lowest BCUT2D eigenvalue weighted by molar-refractivity contribution is -0.156. The zero-order valence-corrected chi connectivity index (χ0v) is 8.79. The van der Waals surface area contributed by atoms with Gasteiger partial charge in [-0.05, 0) is 38.5 Å². The van der Waals surface area contributed by atoms with Crippen LogP contribution in [0.3, 0.4) is 0 Å². The molecule has 3 atom stereocenters. The molecule has 2 aliphatic carbocycles. The highest BCUT2D eigenvalue weighted by Gasteiger charge is 2.54. The van der Waals surface area contributed by atoms with Crippen molar-refractivity contribution in [3.05, 3.63) is 0 Å². The molecule has 14 heavy (non-hydrogen) atoms. The first-order chi connectivity index (χ1) is 6.69. The number of rotatable bonds is 2. The molecular formula is C11H19NO2. The highest BCUT2D eigenvalue weighted by molar-refractivity contribution is 5.78. The van der Waals surface area contributed by atoms with E-state index in [1.807, 2.05) is 6.92 Å². The fourth-order valence-electron chi connectivity index (χ4n) is 3.30. The third kappa shape index (κ3) is 1.34. The summed E-state index contributed by atoms with van der Waals surface area (Å²) in [7, 11) is 0. The van der Waals surface area contributed by atoms with Crippen molar-refractivity contribution in [1.29, 1.82) is 0 Å². The molecule has 0 aromatic heterocycles. The number of fused-ring (bicyclic) bond motifs is 1. The van der Waals surface area contributed by atoms with Crippen LogP contribution in [-0.4, -0.2) is 18.6 Å². The first kappa shape index (κ1) is 9.97. The van der Waals surface area contributed by atoms with Gasteiger partial charge >= 0.3 is 5.97 Å². The molecule has 0 saturated heterocycles. The van der Waals surface area contributed by atoms with Gasteiger partial charge in [0.15, 0.2) is 0 Å². The Balaban J connectivity index is 2.15. The minimum absolute atomic E-state index is 0.00968. The molecule has 0 heterocycles. The Kier molecular flexibility index (Phi) is 2.52. The predicted octanol–water partition coefficient (Wildman–Crippen LogP) is 1.46. The summed E-state index contributed by atoms with van der Waals surface area (Å²) in [5.74, 6) is 0.506. The molecule has 0 bridgehead atoms. The van der Waals surface area contributed by atoms with Gasteiger partial charge in [-0.3, -0.25) is 4.79 Å². The molecule has 80 valence electrons. The first-order valence-corrected chi connectivity index (χ1v) is 5.62. The molecule has 2 N–H and O–H groups in total. The number of carbonyl (C=O) groups is 1. The topological polar surface area (TPSA) is 52.3 Å². The Morgan fingerprint density at radius 2 is 2.43 bits per heavy atom. The summed E-state index contributed by atoms with van der Waals surface area (Å²) in [6.07, 6.45) is 5.17. The summed E-state index contributed by atoms with van der Waals surface area (Å²) < 4.78 is 5.18. The standard InChI is InChI=1S/C11H19NO2/c1-2-14-10(13)11-5-3-4-8(11)6-9(12)7-11/h8-9H,2-7,12H2,1H3. The van der Waals surface area contributed by atoms with Gasteiger partial charge in [0, 0.05) is 6.04 Å². The maximum Gasteiger partial charge on any atom is 0.312 e. The largest absolute Gasteiger partial charge is 0.466 e. The molecule has 0 aromatic rings. The Labute approximate surface area is 85.0 Å². The molecule has 2 saturated carbocycles. The lowest BCUT2D eigenvalue weighted by Crippen LogP contribution is -2.33. The second kappa shape index (κ2) is 3.54. The lowest BCUT2D eigenvalue weighted by Gasteiger charge is -2.26. The molecule has 3 heteroatoms. The molecule has 3 nitrogen and oxygen atoms in total. The lowest BCUT2D eigenvalue weighted by atomic mass is 9.80. The van der Waals surface area contributed by atoms with Crippen molar-refractivity contribution >= 4 is 5.97 Å². The highest BCUT2D eigenvalue weighted by atomic mass is 16.5. The van der Waals surface area contributed by atoms with E-state index < -0.39 is 0 Å². The summed E-state index contributed by atoms with van der Waals surface area (Å²) in [5.41, 5.74) is 5.74. The molecule has 0 amide bonds. The molecule has 0 aliphatic heterocycles. The monoisotopic (exact) mass is 197 g/mol. The molecule has 2 fully saturated rings. The molecule has 2 aliphatic rings. The zero-order valence-electron chi connectivity index (χ0n) is 8.79. The molecule has 0 spiro atoms. The Morgan fingerprint density at radius 1 is 1.64 bits per heavy atom. The third-order valence-corrected chi connectivity index (χ3v) is 3.85. The van der Waals surface area contributed by atoms with Crippen LogP contribution in [0.2, 0.25) is 0 Å². The normalized spacial score (nSPS) is 41.0. The fraction of sp³-hybridized carbons (Fsp3) is 0.909. The SMILES string of the molecule is CCOC(=O)C12CCCC1CC(N)C2. The van der Waals surface area contributed by atoms with Crippen molar-refractivity contribution in [3.8, 4) is 0 Å². The van der Waals surface area contributed by atoms with E-state index in [-0.39, 0.29) is 17.4 Å². The van der Waals surface area contributed by atoms with Gasteiger partial charge in [0.05, 0.1) is 12.0 Å². The zero-order chi connectivity index (χ0) is 10.2. The van der Waals surface area contributed by atoms with E-state index in [4.69, 9.17) is 10.5 Å². The van der Waals surface area contributed by atoms with Crippen LogP contribution in [0.15, 0.2) is 0 Å². The van der Waals surface area contributed by atoms with E-state index in [0.29, 0.717) is 12.5 Å². The van der Waals surface area contributed by atoms with Gasteiger partial charge in [-0.15, -0.1) is 0 Å². The van der Waals surface area contributed by atoms with Gasteiger partial charge in [-0.1, -0.05) is 6.42 Å². The van der Waals surface area contributed by atoms with Gasteiger partial charge in [-0.2, -0.15) is 0 Å². The van der Waals surface area contributed by atoms with E-state index in [2.05, 4.69) is 0 Å². The van der Waals surface area contributed by atoms with Crippen LogP contribution in [0.1, 0.15) is 39.0 Å². The van der Waals surface area contributed by atoms with Crippen LogP contribution >= 0.6 is 0 Å². The van der Waals surface area contributed by atoms with E-state index >= 15 is 0 Å². The third-order valence-electron chi connectivity index (χ3n) is 3.85. The summed E-state index contributed by atoms with van der Waals surface area (Å²) in [4.78, 5) is 11.9. The maximum atomic E-state index is 11.9. The van der Waals surface area contributed by atoms with Crippen LogP contribution in [0.5, 0.6) is 0 Å². The van der Waals surface area contributed by atoms with Crippen LogP contribution in [0.4, 0.5) is 0 Å². The summed E-state index contributed by atoms with van der Waals surface area (Å²) in [5, 5.41) is 0. The molecule has 0 radical (unpaired) electrons. The van der Waals surface area contributed by atoms with E-state index in [1.165, 1.54) is 0 Å². The van der Waals surface area contributed by atoms with Crippen molar-refractivity contribution in [3.63, 3.8) is 0 Å². The first-order valence-electron chi connectivity index (χ1n) is 5.62. The second-order valence-electron chi connectivity index (χ2n) is 4.67. The van der Waals surface area contributed by atoms with Crippen molar-refractivity contribution in [2.45, 2.75) is 45.1 Å². The number of nitrogens with two attached hydrogens (primary N) is 1. The number of hydrogen-bond donors (Lipinski definition) is 1. The van der Waals surface area contributed by atoms with Crippen LogP contribution in [0, 0.1) is 11.3 Å². The summed E-state index contributed by atoms with van der Waals surface area (Å²) in [6, 6.07) is 0.213. The quantitative estimate of drug-likeness (QED) is 0.682. The van der Waals surface area contributed by atoms with Crippen LogP contribution in [-0.2, 0) is 9.53 Å². The Bertz CT molecular complexity index is 241. The minimum Gasteiger partial charge on any atom is -0.466 e. The molecule has 0 aromatic carbocycles. The van der Waals surface area contributed by atoms with E-state index in [9.17, 15) is 4.79 Å². The van der Waals surface area contributed by atoms with Crippen molar-refractivity contribution < 1.29 is 9.53 Å². The average Bonchev–Trinajstić information content (AvgIpc) is 2.61. The number of hydrogen-bond acceptors (Lipinski definition) is 3. The Hall–Kier alpha value is -0.570. The van der Waals surface area contributed by atoms with E-state index in [0.717, 1.165) is 32.1 Å².